The maximum Gasteiger partial charge on any atom is 0.417 e. The molecule has 0 radical (unpaired) electrons. The van der Waals surface area contributed by atoms with Crippen LogP contribution in [0.5, 0.6) is 0 Å². The van der Waals surface area contributed by atoms with E-state index in [1.54, 1.807) is 32.0 Å². The summed E-state index contributed by atoms with van der Waals surface area (Å²) in [6, 6.07) is 6.47. The van der Waals surface area contributed by atoms with E-state index in [9.17, 15) is 24.0 Å². The van der Waals surface area contributed by atoms with Gasteiger partial charge in [0.25, 0.3) is 0 Å². The number of carbonyl (C=O) groups excluding carboxylic acids is 5. The third-order valence-corrected chi connectivity index (χ3v) is 6.55. The molecule has 1 aromatic rings. The number of ketones is 2. The molecule has 3 atom stereocenters. The molecule has 0 aliphatic carbocycles. The molecule has 38 heavy (non-hydrogen) atoms. The van der Waals surface area contributed by atoms with Crippen molar-refractivity contribution in [3.63, 3.8) is 0 Å². The number of amides is 2. The SMILES string of the molecule is CC(=O)O[C@@H](C(=O)C=C(C(=O)CCCCO)c1cccc(C)c1)[C@@H](C)C(=O)N1C(=O)OC(C)(C)[C@H]1C(C)C. The van der Waals surface area contributed by atoms with Gasteiger partial charge in [0, 0.05) is 25.5 Å². The number of imide groups is 1. The van der Waals surface area contributed by atoms with Crippen molar-refractivity contribution in [3.8, 4) is 0 Å². The number of nitrogens with zero attached hydrogens (tertiary/aromatic N) is 1. The van der Waals surface area contributed by atoms with Crippen LogP contribution in [-0.4, -0.2) is 63.9 Å². The fourth-order valence-electron chi connectivity index (χ4n) is 4.92. The van der Waals surface area contributed by atoms with Crippen molar-refractivity contribution in [3.05, 3.63) is 41.5 Å². The van der Waals surface area contributed by atoms with Gasteiger partial charge in [-0.1, -0.05) is 43.7 Å². The van der Waals surface area contributed by atoms with Gasteiger partial charge in [0.2, 0.25) is 5.91 Å². The van der Waals surface area contributed by atoms with E-state index in [4.69, 9.17) is 14.6 Å². The molecule has 208 valence electrons. The van der Waals surface area contributed by atoms with E-state index in [1.807, 2.05) is 26.8 Å². The molecule has 0 saturated carbocycles. The summed E-state index contributed by atoms with van der Waals surface area (Å²) in [5.74, 6) is -3.93. The van der Waals surface area contributed by atoms with Gasteiger partial charge in [-0.3, -0.25) is 19.2 Å². The summed E-state index contributed by atoms with van der Waals surface area (Å²) < 4.78 is 10.7. The average Bonchev–Trinajstić information content (AvgIpc) is 3.07. The lowest BCUT2D eigenvalue weighted by atomic mass is 9.87. The number of allylic oxidation sites excluding steroid dienone is 1. The summed E-state index contributed by atoms with van der Waals surface area (Å²) in [5, 5.41) is 9.08. The fraction of sp³-hybridized carbons (Fsp3) is 0.552. The lowest BCUT2D eigenvalue weighted by Crippen LogP contribution is -2.52. The van der Waals surface area contributed by atoms with E-state index in [1.165, 1.54) is 6.92 Å². The Hall–Kier alpha value is -3.33. The molecule has 1 N–H and O–H groups in total. The minimum Gasteiger partial charge on any atom is -0.453 e. The number of aliphatic hydroxyl groups is 1. The number of rotatable bonds is 12. The van der Waals surface area contributed by atoms with Gasteiger partial charge in [-0.05, 0) is 58.1 Å². The molecule has 2 rings (SSSR count). The van der Waals surface area contributed by atoms with Crippen LogP contribution in [0.25, 0.3) is 5.57 Å². The molecule has 0 aromatic heterocycles. The van der Waals surface area contributed by atoms with E-state index in [2.05, 4.69) is 0 Å². The molecule has 0 spiro atoms. The summed E-state index contributed by atoms with van der Waals surface area (Å²) in [6.45, 7) is 11.4. The number of aliphatic hydroxyl groups excluding tert-OH is 1. The van der Waals surface area contributed by atoms with Crippen molar-refractivity contribution >= 4 is 35.1 Å². The van der Waals surface area contributed by atoms with E-state index >= 15 is 0 Å². The Morgan fingerprint density at radius 3 is 2.37 bits per heavy atom. The first-order chi connectivity index (χ1) is 17.7. The highest BCUT2D eigenvalue weighted by Crippen LogP contribution is 2.35. The number of unbranched alkanes of at least 4 members (excludes halogenated alkanes) is 1. The summed E-state index contributed by atoms with van der Waals surface area (Å²) in [7, 11) is 0. The number of benzene rings is 1. The summed E-state index contributed by atoms with van der Waals surface area (Å²) in [4.78, 5) is 65.9. The van der Waals surface area contributed by atoms with Crippen LogP contribution in [0.15, 0.2) is 30.3 Å². The van der Waals surface area contributed by atoms with Gasteiger partial charge in [0.05, 0.1) is 12.0 Å². The van der Waals surface area contributed by atoms with E-state index in [-0.39, 0.29) is 30.3 Å². The molecule has 1 aliphatic heterocycles. The van der Waals surface area contributed by atoms with Crippen LogP contribution in [0.1, 0.15) is 71.9 Å². The fourth-order valence-corrected chi connectivity index (χ4v) is 4.92. The van der Waals surface area contributed by atoms with Gasteiger partial charge in [0.1, 0.15) is 5.60 Å². The second-order valence-electron chi connectivity index (χ2n) is 10.6. The van der Waals surface area contributed by atoms with Gasteiger partial charge in [0.15, 0.2) is 17.7 Å². The molecule has 1 saturated heterocycles. The monoisotopic (exact) mass is 529 g/mol. The molecule has 1 fully saturated rings. The van der Waals surface area contributed by atoms with Crippen LogP contribution >= 0.6 is 0 Å². The Balaban J connectivity index is 2.48. The third-order valence-electron chi connectivity index (χ3n) is 6.55. The zero-order valence-electron chi connectivity index (χ0n) is 23.3. The van der Waals surface area contributed by atoms with E-state index in [0.29, 0.717) is 18.4 Å². The number of hydrogen-bond acceptors (Lipinski definition) is 8. The van der Waals surface area contributed by atoms with Crippen molar-refractivity contribution in [2.24, 2.45) is 11.8 Å². The minimum absolute atomic E-state index is 0.0586. The molecule has 9 nitrogen and oxygen atoms in total. The minimum atomic E-state index is -1.56. The quantitative estimate of drug-likeness (QED) is 0.244. The predicted octanol–water partition coefficient (Wildman–Crippen LogP) is 4.03. The lowest BCUT2D eigenvalue weighted by Gasteiger charge is -2.33. The maximum absolute atomic E-state index is 13.6. The standard InChI is InChI=1S/C29H39NO8/c1-17(2)26-29(6,7)38-28(36)30(26)27(35)19(4)25(37-20(5)32)24(34)16-22(23(33)13-8-9-14-31)21-12-10-11-18(3)15-21/h10-12,15-17,19,25-26,31H,8-9,13-14H2,1-7H3/t19-,25-,26-/m1/s1. The van der Waals surface area contributed by atoms with E-state index < -0.39 is 47.4 Å². The molecule has 1 aromatic carbocycles. The third kappa shape index (κ3) is 7.37. The number of cyclic esters (lactones) is 1. The van der Waals surface area contributed by atoms with Gasteiger partial charge in [-0.25, -0.2) is 9.69 Å². The Morgan fingerprint density at radius 2 is 1.82 bits per heavy atom. The highest BCUT2D eigenvalue weighted by Gasteiger charge is 2.53. The predicted molar refractivity (Wildman–Crippen MR) is 141 cm³/mol. The lowest BCUT2D eigenvalue weighted by molar-refractivity contribution is -0.158. The average molecular weight is 530 g/mol. The summed E-state index contributed by atoms with van der Waals surface area (Å²) in [5.41, 5.74) is 0.563. The van der Waals surface area contributed by atoms with Gasteiger partial charge in [-0.2, -0.15) is 0 Å². The smallest absolute Gasteiger partial charge is 0.417 e. The van der Waals surface area contributed by atoms with Crippen LogP contribution in [0.3, 0.4) is 0 Å². The normalized spacial score (nSPS) is 18.7. The topological polar surface area (TPSA) is 127 Å². The first kappa shape index (κ1) is 30.9. The second-order valence-corrected chi connectivity index (χ2v) is 10.6. The Bertz CT molecular complexity index is 1100. The number of aryl methyl sites for hydroxylation is 1. The van der Waals surface area contributed by atoms with Crippen molar-refractivity contribution < 1.29 is 38.6 Å². The molecule has 1 aliphatic rings. The molecule has 0 bridgehead atoms. The van der Waals surface area contributed by atoms with Crippen LogP contribution < -0.4 is 0 Å². The van der Waals surface area contributed by atoms with Crippen LogP contribution in [0, 0.1) is 18.8 Å². The summed E-state index contributed by atoms with van der Waals surface area (Å²) >= 11 is 0. The second kappa shape index (κ2) is 13.0. The van der Waals surface area contributed by atoms with Gasteiger partial charge in [-0.15, -0.1) is 0 Å². The zero-order valence-corrected chi connectivity index (χ0v) is 23.3. The number of ether oxygens (including phenoxy) is 2. The van der Waals surface area contributed by atoms with Crippen LogP contribution in [-0.2, 0) is 28.7 Å². The number of Topliss-reactive ketones (excluding diaryl/α,β-unsaturated/α-hetero) is 1. The number of carbonyl (C=O) groups is 5. The van der Waals surface area contributed by atoms with Crippen molar-refractivity contribution in [1.82, 2.24) is 4.90 Å². The van der Waals surface area contributed by atoms with E-state index in [0.717, 1.165) is 23.5 Å². The zero-order chi connectivity index (χ0) is 28.8. The highest BCUT2D eigenvalue weighted by atomic mass is 16.6. The Morgan fingerprint density at radius 1 is 1.16 bits per heavy atom. The maximum atomic E-state index is 13.6. The Kier molecular flexibility index (Phi) is 10.5. The first-order valence-electron chi connectivity index (χ1n) is 12.9. The molecular formula is C29H39NO8. The van der Waals surface area contributed by atoms with Gasteiger partial charge < -0.3 is 14.6 Å². The largest absolute Gasteiger partial charge is 0.453 e. The molecular weight excluding hydrogens is 490 g/mol. The number of hydrogen-bond donors (Lipinski definition) is 1. The highest BCUT2D eigenvalue weighted by molar-refractivity contribution is 6.25. The first-order valence-corrected chi connectivity index (χ1v) is 12.9. The molecule has 0 unspecified atom stereocenters. The van der Waals surface area contributed by atoms with Crippen LogP contribution in [0.2, 0.25) is 0 Å². The van der Waals surface area contributed by atoms with Crippen LogP contribution in [0.4, 0.5) is 4.79 Å². The molecule has 2 amide bonds. The number of esters is 1. The van der Waals surface area contributed by atoms with Crippen molar-refractivity contribution in [1.29, 1.82) is 0 Å². The van der Waals surface area contributed by atoms with Crippen molar-refractivity contribution in [2.75, 3.05) is 6.61 Å². The van der Waals surface area contributed by atoms with Crippen molar-refractivity contribution in [2.45, 2.75) is 85.5 Å². The van der Waals surface area contributed by atoms with Gasteiger partial charge >= 0.3 is 12.1 Å². The molecule has 1 heterocycles. The Labute approximate surface area is 224 Å². The molecule has 9 heteroatoms. The summed E-state index contributed by atoms with van der Waals surface area (Å²) in [6.07, 6.45) is -0.311.